The van der Waals surface area contributed by atoms with Crippen LogP contribution in [0, 0.1) is 0 Å². The van der Waals surface area contributed by atoms with Gasteiger partial charge in [-0.1, -0.05) is 6.07 Å². The van der Waals surface area contributed by atoms with Gasteiger partial charge in [0.1, 0.15) is 16.4 Å². The number of aromatic nitrogens is 2. The normalized spacial score (nSPS) is 18.2. The molecule has 2 aliphatic rings. The molecule has 41 heavy (non-hydrogen) atoms. The minimum absolute atomic E-state index is 0.0662. The molecule has 1 amide bonds. The molecule has 0 bridgehead atoms. The fraction of sp³-hybridized carbons (Fsp3) is 0.464. The minimum Gasteiger partial charge on any atom is -0.493 e. The highest BCUT2D eigenvalue weighted by Gasteiger charge is 2.47. The Balaban J connectivity index is 1.50. The number of thiophene rings is 1. The van der Waals surface area contributed by atoms with E-state index in [0.717, 1.165) is 40.6 Å². The average molecular weight is 593 g/mol. The quantitative estimate of drug-likeness (QED) is 0.310. The first-order valence-corrected chi connectivity index (χ1v) is 14.1. The van der Waals surface area contributed by atoms with Gasteiger partial charge in [-0.2, -0.15) is 18.3 Å². The summed E-state index contributed by atoms with van der Waals surface area (Å²) in [6.45, 7) is 3.48. The Bertz CT molecular complexity index is 1470. The van der Waals surface area contributed by atoms with Gasteiger partial charge in [-0.3, -0.25) is 4.79 Å². The second kappa shape index (κ2) is 11.3. The lowest BCUT2D eigenvalue weighted by Gasteiger charge is -2.34. The number of carbonyl (C=O) groups excluding carboxylic acids is 2. The number of hydrogen-bond acceptors (Lipinski definition) is 8. The van der Waals surface area contributed by atoms with Crippen molar-refractivity contribution in [3.05, 3.63) is 51.5 Å². The molecule has 5 rings (SSSR count). The smallest absolute Gasteiger partial charge is 0.410 e. The molecule has 1 aliphatic heterocycles. The van der Waals surface area contributed by atoms with Crippen LogP contribution in [-0.2, 0) is 17.6 Å². The Morgan fingerprint density at radius 1 is 1.15 bits per heavy atom. The van der Waals surface area contributed by atoms with Crippen LogP contribution in [0.25, 0.3) is 0 Å². The summed E-state index contributed by atoms with van der Waals surface area (Å²) in [5.41, 5.74) is 1.64. The van der Waals surface area contributed by atoms with Gasteiger partial charge in [-0.25, -0.2) is 9.48 Å². The number of anilines is 2. The van der Waals surface area contributed by atoms with Crippen LogP contribution in [0.3, 0.4) is 0 Å². The number of hydrogen-bond donors (Lipinski definition) is 2. The molecule has 13 heteroatoms. The van der Waals surface area contributed by atoms with Crippen molar-refractivity contribution in [1.29, 1.82) is 0 Å². The number of ether oxygens (including phenoxy) is 3. The van der Waals surface area contributed by atoms with Gasteiger partial charge < -0.3 is 24.8 Å². The van der Waals surface area contributed by atoms with E-state index < -0.39 is 30.1 Å². The molecule has 0 radical (unpaired) electrons. The monoisotopic (exact) mass is 592 g/mol. The average Bonchev–Trinajstić information content (AvgIpc) is 3.52. The SMILES string of the molecule is COc1ccc(C2CC(C(F)(F)F)n3ncc(C(=O)Nc4sc5c(c4C(=O)OC(C)C)CCCC5)c3N2)cc1OC. The molecular formula is C28H31F3N4O5S. The summed E-state index contributed by atoms with van der Waals surface area (Å²) in [6.07, 6.45) is -0.855. The summed E-state index contributed by atoms with van der Waals surface area (Å²) >= 11 is 1.30. The summed E-state index contributed by atoms with van der Waals surface area (Å²) in [5, 5.41) is 10.2. The van der Waals surface area contributed by atoms with E-state index in [1.165, 1.54) is 25.6 Å². The highest BCUT2D eigenvalue weighted by Crippen LogP contribution is 2.46. The fourth-order valence-electron chi connectivity index (χ4n) is 5.33. The summed E-state index contributed by atoms with van der Waals surface area (Å²) < 4.78 is 59.5. The van der Waals surface area contributed by atoms with E-state index in [9.17, 15) is 22.8 Å². The van der Waals surface area contributed by atoms with Crippen molar-refractivity contribution in [3.8, 4) is 11.5 Å². The Kier molecular flexibility index (Phi) is 7.91. The molecule has 1 aliphatic carbocycles. The number of nitrogens with zero attached hydrogens (tertiary/aromatic N) is 2. The zero-order chi connectivity index (χ0) is 29.5. The van der Waals surface area contributed by atoms with Crippen LogP contribution in [0.4, 0.5) is 24.0 Å². The molecule has 1 aromatic carbocycles. The van der Waals surface area contributed by atoms with E-state index in [-0.39, 0.29) is 23.9 Å². The van der Waals surface area contributed by atoms with Crippen molar-refractivity contribution < 1.29 is 37.0 Å². The van der Waals surface area contributed by atoms with Crippen LogP contribution < -0.4 is 20.1 Å². The predicted molar refractivity (Wildman–Crippen MR) is 147 cm³/mol. The number of benzene rings is 1. The third-order valence-electron chi connectivity index (χ3n) is 7.24. The number of rotatable bonds is 7. The van der Waals surface area contributed by atoms with Crippen LogP contribution in [0.1, 0.15) is 81.9 Å². The van der Waals surface area contributed by atoms with Crippen molar-refractivity contribution >= 4 is 34.0 Å². The molecule has 2 unspecified atom stereocenters. The Labute approximate surface area is 239 Å². The van der Waals surface area contributed by atoms with Gasteiger partial charge in [-0.15, -0.1) is 11.3 Å². The maximum Gasteiger partial charge on any atom is 0.410 e. The molecule has 3 heterocycles. The molecule has 0 saturated carbocycles. The van der Waals surface area contributed by atoms with Crippen molar-refractivity contribution in [1.82, 2.24) is 9.78 Å². The number of nitrogens with one attached hydrogen (secondary N) is 2. The molecular weight excluding hydrogens is 561 g/mol. The predicted octanol–water partition coefficient (Wildman–Crippen LogP) is 6.32. The first-order valence-electron chi connectivity index (χ1n) is 13.3. The van der Waals surface area contributed by atoms with Crippen molar-refractivity contribution in [2.24, 2.45) is 0 Å². The fourth-order valence-corrected chi connectivity index (χ4v) is 6.60. The molecule has 220 valence electrons. The van der Waals surface area contributed by atoms with E-state index >= 15 is 0 Å². The van der Waals surface area contributed by atoms with Gasteiger partial charge in [0, 0.05) is 11.3 Å². The van der Waals surface area contributed by atoms with E-state index in [1.807, 2.05) is 0 Å². The second-order valence-corrected chi connectivity index (χ2v) is 11.4. The van der Waals surface area contributed by atoms with Crippen LogP contribution in [0.5, 0.6) is 11.5 Å². The molecule has 0 saturated heterocycles. The van der Waals surface area contributed by atoms with E-state index in [4.69, 9.17) is 14.2 Å². The zero-order valence-electron chi connectivity index (χ0n) is 23.1. The lowest BCUT2D eigenvalue weighted by Crippen LogP contribution is -2.36. The van der Waals surface area contributed by atoms with E-state index in [0.29, 0.717) is 34.0 Å². The third kappa shape index (κ3) is 5.59. The number of aryl methyl sites for hydroxylation is 1. The lowest BCUT2D eigenvalue weighted by atomic mass is 9.95. The standard InChI is InChI=1S/C28H31F3N4O5S/c1-14(2)40-27(37)23-16-7-5-6-8-21(16)41-26(23)34-25(36)17-13-32-35-22(28(29,30)31)12-18(33-24(17)35)15-9-10-19(38-3)20(11-15)39-4/h9-11,13-14,18,22,33H,5-8,12H2,1-4H3,(H,34,36). The number of halogens is 3. The Morgan fingerprint density at radius 3 is 2.56 bits per heavy atom. The molecule has 0 fully saturated rings. The number of fused-ring (bicyclic) bond motifs is 2. The number of carbonyl (C=O) groups is 2. The molecule has 0 spiro atoms. The van der Waals surface area contributed by atoms with Crippen LogP contribution in [0.15, 0.2) is 24.4 Å². The van der Waals surface area contributed by atoms with Crippen molar-refractivity contribution in [3.63, 3.8) is 0 Å². The number of alkyl halides is 3. The maximum absolute atomic E-state index is 14.2. The topological polar surface area (TPSA) is 104 Å². The highest BCUT2D eigenvalue weighted by molar-refractivity contribution is 7.17. The Hall–Kier alpha value is -3.74. The van der Waals surface area contributed by atoms with Gasteiger partial charge in [0.2, 0.25) is 0 Å². The second-order valence-electron chi connectivity index (χ2n) is 10.3. The van der Waals surface area contributed by atoms with Crippen molar-refractivity contribution in [2.45, 2.75) is 70.3 Å². The number of esters is 1. The van der Waals surface area contributed by atoms with E-state index in [1.54, 1.807) is 32.0 Å². The minimum atomic E-state index is -4.62. The molecule has 2 aromatic heterocycles. The van der Waals surface area contributed by atoms with Crippen LogP contribution in [-0.4, -0.2) is 48.2 Å². The van der Waals surface area contributed by atoms with Gasteiger partial charge in [-0.05, 0) is 62.8 Å². The van der Waals surface area contributed by atoms with Crippen LogP contribution >= 0.6 is 11.3 Å². The summed E-state index contributed by atoms with van der Waals surface area (Å²) in [6, 6.07) is 2.11. The highest BCUT2D eigenvalue weighted by atomic mass is 32.1. The van der Waals surface area contributed by atoms with Gasteiger partial charge in [0.25, 0.3) is 5.91 Å². The molecule has 3 aromatic rings. The first-order chi connectivity index (χ1) is 19.5. The summed E-state index contributed by atoms with van der Waals surface area (Å²) in [7, 11) is 2.91. The number of methoxy groups -OCH3 is 2. The van der Waals surface area contributed by atoms with Gasteiger partial charge in [0.05, 0.1) is 38.1 Å². The van der Waals surface area contributed by atoms with Crippen molar-refractivity contribution in [2.75, 3.05) is 24.9 Å². The first kappa shape index (κ1) is 28.8. The number of amides is 1. The lowest BCUT2D eigenvalue weighted by molar-refractivity contribution is -0.173. The maximum atomic E-state index is 14.2. The zero-order valence-corrected chi connectivity index (χ0v) is 23.9. The summed E-state index contributed by atoms with van der Waals surface area (Å²) in [5.74, 6) is -0.464. The third-order valence-corrected chi connectivity index (χ3v) is 8.45. The molecule has 2 N–H and O–H groups in total. The molecule has 2 atom stereocenters. The largest absolute Gasteiger partial charge is 0.493 e. The van der Waals surface area contributed by atoms with Crippen LogP contribution in [0.2, 0.25) is 0 Å². The van der Waals surface area contributed by atoms with Gasteiger partial charge in [0.15, 0.2) is 17.5 Å². The Morgan fingerprint density at radius 2 is 1.88 bits per heavy atom. The summed E-state index contributed by atoms with van der Waals surface area (Å²) in [4.78, 5) is 27.6. The van der Waals surface area contributed by atoms with E-state index in [2.05, 4.69) is 15.7 Å². The van der Waals surface area contributed by atoms with Gasteiger partial charge >= 0.3 is 12.1 Å². The molecule has 9 nitrogen and oxygen atoms in total.